The largest absolute Gasteiger partial charge is 0.330 e. The van der Waals surface area contributed by atoms with Gasteiger partial charge in [0.05, 0.1) is 0 Å². The zero-order chi connectivity index (χ0) is 13.1. The third-order valence-electron chi connectivity index (χ3n) is 4.40. The first-order chi connectivity index (χ1) is 8.88. The van der Waals surface area contributed by atoms with E-state index in [1.165, 1.54) is 77.2 Å². The minimum Gasteiger partial charge on any atom is -0.330 e. The second-order valence-electron chi connectivity index (χ2n) is 5.96. The topological polar surface area (TPSA) is 38.0 Å². The lowest BCUT2D eigenvalue weighted by molar-refractivity contribution is 0.401. The summed E-state index contributed by atoms with van der Waals surface area (Å²) in [6.45, 7) is 4.36. The molecule has 0 bridgehead atoms. The van der Waals surface area contributed by atoms with Crippen LogP contribution in [0.25, 0.3) is 0 Å². The van der Waals surface area contributed by atoms with E-state index in [2.05, 4.69) is 12.2 Å². The summed E-state index contributed by atoms with van der Waals surface area (Å²) in [5.41, 5.74) is 5.79. The summed E-state index contributed by atoms with van der Waals surface area (Å²) in [5.74, 6) is 0.749. The summed E-state index contributed by atoms with van der Waals surface area (Å²) in [7, 11) is 0. The molecule has 2 atom stereocenters. The fraction of sp³-hybridized carbons (Fsp3) is 1.00. The average Bonchev–Trinajstić information content (AvgIpc) is 2.84. The maximum absolute atomic E-state index is 5.79. The molecule has 1 fully saturated rings. The molecule has 0 aromatic heterocycles. The van der Waals surface area contributed by atoms with Gasteiger partial charge in [0, 0.05) is 6.04 Å². The summed E-state index contributed by atoms with van der Waals surface area (Å²) < 4.78 is 0. The van der Waals surface area contributed by atoms with Crippen molar-refractivity contribution in [1.82, 2.24) is 5.32 Å². The monoisotopic (exact) mass is 254 g/mol. The second-order valence-corrected chi connectivity index (χ2v) is 5.96. The van der Waals surface area contributed by atoms with Gasteiger partial charge < -0.3 is 11.1 Å². The lowest BCUT2D eigenvalue weighted by Crippen LogP contribution is -2.36. The van der Waals surface area contributed by atoms with Crippen molar-refractivity contribution >= 4 is 0 Å². The van der Waals surface area contributed by atoms with Crippen molar-refractivity contribution in [2.24, 2.45) is 11.7 Å². The van der Waals surface area contributed by atoms with Crippen molar-refractivity contribution in [2.45, 2.75) is 83.6 Å². The Morgan fingerprint density at radius 3 is 2.28 bits per heavy atom. The zero-order valence-electron chi connectivity index (χ0n) is 12.4. The van der Waals surface area contributed by atoms with Gasteiger partial charge in [0.25, 0.3) is 0 Å². The van der Waals surface area contributed by atoms with Crippen LogP contribution >= 0.6 is 0 Å². The van der Waals surface area contributed by atoms with E-state index >= 15 is 0 Å². The van der Waals surface area contributed by atoms with Crippen LogP contribution in [-0.2, 0) is 0 Å². The number of hydrogen-bond donors (Lipinski definition) is 2. The highest BCUT2D eigenvalue weighted by Gasteiger charge is 2.24. The number of rotatable bonds is 11. The van der Waals surface area contributed by atoms with Gasteiger partial charge in [-0.15, -0.1) is 0 Å². The normalized spacial score (nSPS) is 23.7. The van der Waals surface area contributed by atoms with E-state index in [4.69, 9.17) is 5.73 Å². The summed E-state index contributed by atoms with van der Waals surface area (Å²) >= 11 is 0. The van der Waals surface area contributed by atoms with Gasteiger partial charge in [-0.2, -0.15) is 0 Å². The Balaban J connectivity index is 1.83. The van der Waals surface area contributed by atoms with Crippen LogP contribution in [0.5, 0.6) is 0 Å². The molecule has 0 spiro atoms. The molecule has 0 saturated heterocycles. The molecule has 0 amide bonds. The third kappa shape index (κ3) is 6.75. The SMILES string of the molecule is CCCCCCCCCCNC1CCCC1CN. The Labute approximate surface area is 114 Å². The quantitative estimate of drug-likeness (QED) is 0.550. The molecule has 1 aliphatic carbocycles. The van der Waals surface area contributed by atoms with Crippen LogP contribution in [0.4, 0.5) is 0 Å². The standard InChI is InChI=1S/C16H34N2/c1-2-3-4-5-6-7-8-9-13-18-16-12-10-11-15(16)14-17/h15-16,18H,2-14,17H2,1H3. The lowest BCUT2D eigenvalue weighted by atomic mass is 10.0. The Bertz CT molecular complexity index is 182. The zero-order valence-corrected chi connectivity index (χ0v) is 12.4. The van der Waals surface area contributed by atoms with Crippen LogP contribution in [-0.4, -0.2) is 19.1 Å². The van der Waals surface area contributed by atoms with Gasteiger partial charge in [-0.3, -0.25) is 0 Å². The predicted molar refractivity (Wildman–Crippen MR) is 80.8 cm³/mol. The first-order valence-electron chi connectivity index (χ1n) is 8.32. The maximum Gasteiger partial charge on any atom is 0.0107 e. The Morgan fingerprint density at radius 1 is 0.944 bits per heavy atom. The van der Waals surface area contributed by atoms with Crippen LogP contribution in [0.2, 0.25) is 0 Å². The number of unbranched alkanes of at least 4 members (excludes halogenated alkanes) is 7. The smallest absolute Gasteiger partial charge is 0.0107 e. The molecule has 0 aromatic rings. The number of nitrogens with one attached hydrogen (secondary N) is 1. The van der Waals surface area contributed by atoms with Gasteiger partial charge in [0.1, 0.15) is 0 Å². The average molecular weight is 254 g/mol. The van der Waals surface area contributed by atoms with E-state index < -0.39 is 0 Å². The van der Waals surface area contributed by atoms with Crippen LogP contribution in [0.1, 0.15) is 77.6 Å². The van der Waals surface area contributed by atoms with Crippen LogP contribution in [0.15, 0.2) is 0 Å². The highest BCUT2D eigenvalue weighted by molar-refractivity contribution is 4.83. The second kappa shape index (κ2) is 10.8. The molecule has 18 heavy (non-hydrogen) atoms. The molecule has 1 saturated carbocycles. The van der Waals surface area contributed by atoms with Gasteiger partial charge in [-0.05, 0) is 38.3 Å². The fourth-order valence-corrected chi connectivity index (χ4v) is 3.13. The van der Waals surface area contributed by atoms with E-state index in [1.807, 2.05) is 0 Å². The summed E-state index contributed by atoms with van der Waals surface area (Å²) in [5, 5.41) is 3.71. The van der Waals surface area contributed by atoms with E-state index in [-0.39, 0.29) is 0 Å². The van der Waals surface area contributed by atoms with Crippen LogP contribution in [0.3, 0.4) is 0 Å². The Morgan fingerprint density at radius 2 is 1.61 bits per heavy atom. The van der Waals surface area contributed by atoms with E-state index in [0.29, 0.717) is 0 Å². The number of hydrogen-bond acceptors (Lipinski definition) is 2. The van der Waals surface area contributed by atoms with Gasteiger partial charge in [0.2, 0.25) is 0 Å². The van der Waals surface area contributed by atoms with E-state index in [9.17, 15) is 0 Å². The molecule has 0 radical (unpaired) electrons. The molecular formula is C16H34N2. The molecule has 108 valence electrons. The summed E-state index contributed by atoms with van der Waals surface area (Å²) in [4.78, 5) is 0. The van der Waals surface area contributed by atoms with Crippen molar-refractivity contribution in [3.05, 3.63) is 0 Å². The third-order valence-corrected chi connectivity index (χ3v) is 4.40. The fourth-order valence-electron chi connectivity index (χ4n) is 3.13. The highest BCUT2D eigenvalue weighted by Crippen LogP contribution is 2.24. The molecule has 3 N–H and O–H groups in total. The van der Waals surface area contributed by atoms with Gasteiger partial charge in [-0.1, -0.05) is 58.3 Å². The number of nitrogens with two attached hydrogens (primary N) is 1. The molecule has 1 aliphatic rings. The Hall–Kier alpha value is -0.0800. The van der Waals surface area contributed by atoms with Gasteiger partial charge >= 0.3 is 0 Å². The molecule has 2 unspecified atom stereocenters. The van der Waals surface area contributed by atoms with Gasteiger partial charge in [0.15, 0.2) is 0 Å². The first-order valence-corrected chi connectivity index (χ1v) is 8.32. The first kappa shape index (κ1) is 16.0. The molecular weight excluding hydrogens is 220 g/mol. The summed E-state index contributed by atoms with van der Waals surface area (Å²) in [6, 6.07) is 0.722. The van der Waals surface area contributed by atoms with E-state index in [0.717, 1.165) is 18.5 Å². The molecule has 0 aliphatic heterocycles. The van der Waals surface area contributed by atoms with Crippen molar-refractivity contribution in [3.8, 4) is 0 Å². The maximum atomic E-state index is 5.79. The van der Waals surface area contributed by atoms with Crippen molar-refractivity contribution in [3.63, 3.8) is 0 Å². The molecule has 1 rings (SSSR count). The molecule has 0 aromatic carbocycles. The predicted octanol–water partition coefficient (Wildman–Crippen LogP) is 3.84. The van der Waals surface area contributed by atoms with E-state index in [1.54, 1.807) is 0 Å². The van der Waals surface area contributed by atoms with Crippen LogP contribution < -0.4 is 11.1 Å². The lowest BCUT2D eigenvalue weighted by Gasteiger charge is -2.19. The minimum atomic E-state index is 0.722. The Kier molecular flexibility index (Phi) is 9.59. The highest BCUT2D eigenvalue weighted by atomic mass is 14.9. The summed E-state index contributed by atoms with van der Waals surface area (Å²) in [6.07, 6.45) is 15.3. The van der Waals surface area contributed by atoms with Crippen molar-refractivity contribution in [2.75, 3.05) is 13.1 Å². The minimum absolute atomic E-state index is 0.722. The van der Waals surface area contributed by atoms with Gasteiger partial charge in [-0.25, -0.2) is 0 Å². The molecule has 2 nitrogen and oxygen atoms in total. The van der Waals surface area contributed by atoms with Crippen molar-refractivity contribution in [1.29, 1.82) is 0 Å². The van der Waals surface area contributed by atoms with Crippen LogP contribution in [0, 0.1) is 5.92 Å². The molecule has 0 heterocycles. The molecule has 2 heteroatoms. The van der Waals surface area contributed by atoms with Crippen molar-refractivity contribution < 1.29 is 0 Å².